The summed E-state index contributed by atoms with van der Waals surface area (Å²) in [5.41, 5.74) is 3.55. The molecule has 0 N–H and O–H groups in total. The highest BCUT2D eigenvalue weighted by Crippen LogP contribution is 2.30. The molecule has 5 unspecified atom stereocenters. The minimum atomic E-state index is -0.216. The Morgan fingerprint density at radius 3 is 1.61 bits per heavy atom. The van der Waals surface area contributed by atoms with Gasteiger partial charge in [-0.25, -0.2) is 4.39 Å². The van der Waals surface area contributed by atoms with E-state index in [9.17, 15) is 4.39 Å². The van der Waals surface area contributed by atoms with Crippen molar-refractivity contribution in [2.45, 2.75) is 93.9 Å². The number of rotatable bonds is 17. The van der Waals surface area contributed by atoms with Crippen molar-refractivity contribution in [2.75, 3.05) is 0 Å². The van der Waals surface area contributed by atoms with E-state index in [1.807, 2.05) is 19.1 Å². The summed E-state index contributed by atoms with van der Waals surface area (Å²) < 4.78 is 14.9. The smallest absolute Gasteiger partial charge is 0.126 e. The zero-order valence-electron chi connectivity index (χ0n) is 23.1. The molecule has 0 aromatic carbocycles. The molecule has 0 fully saturated rings. The molecule has 0 bridgehead atoms. The lowest BCUT2D eigenvalue weighted by molar-refractivity contribution is 0.306. The Kier molecular flexibility index (Phi) is 15.3. The van der Waals surface area contributed by atoms with Gasteiger partial charge in [-0.1, -0.05) is 111 Å². The van der Waals surface area contributed by atoms with E-state index in [2.05, 4.69) is 74.8 Å². The molecule has 0 aliphatic carbocycles. The summed E-state index contributed by atoms with van der Waals surface area (Å²) in [5, 5.41) is 0. The molecule has 0 rings (SSSR count). The van der Waals surface area contributed by atoms with E-state index in [-0.39, 0.29) is 17.7 Å². The second-order valence-electron chi connectivity index (χ2n) is 11.1. The molecule has 0 saturated carbocycles. The molecule has 188 valence electrons. The number of allylic oxidation sites excluding steroid dienone is 8. The van der Waals surface area contributed by atoms with E-state index in [1.165, 1.54) is 12.8 Å². The molecular formula is C32H53F. The molecule has 0 aromatic heterocycles. The topological polar surface area (TPSA) is 0 Å². The van der Waals surface area contributed by atoms with Gasteiger partial charge in [-0.3, -0.25) is 0 Å². The fraction of sp³-hybridized carbons (Fsp3) is 0.625. The lowest BCUT2D eigenvalue weighted by Crippen LogP contribution is -2.11. The van der Waals surface area contributed by atoms with Crippen LogP contribution in [0.3, 0.4) is 0 Å². The van der Waals surface area contributed by atoms with Crippen LogP contribution < -0.4 is 0 Å². The molecular weight excluding hydrogens is 403 g/mol. The van der Waals surface area contributed by atoms with Crippen molar-refractivity contribution in [3.63, 3.8) is 0 Å². The third kappa shape index (κ3) is 13.6. The summed E-state index contributed by atoms with van der Waals surface area (Å²) in [5.74, 6) is 2.69. The minimum absolute atomic E-state index is 0.0894. The summed E-state index contributed by atoms with van der Waals surface area (Å²) in [7, 11) is 0. The van der Waals surface area contributed by atoms with Crippen LogP contribution in [-0.4, -0.2) is 0 Å². The van der Waals surface area contributed by atoms with Gasteiger partial charge in [-0.2, -0.15) is 0 Å². The van der Waals surface area contributed by atoms with Crippen LogP contribution in [0.2, 0.25) is 0 Å². The largest absolute Gasteiger partial charge is 0.207 e. The summed E-state index contributed by atoms with van der Waals surface area (Å²) in [6.45, 7) is 33.9. The van der Waals surface area contributed by atoms with Gasteiger partial charge in [0.2, 0.25) is 0 Å². The van der Waals surface area contributed by atoms with Crippen LogP contribution in [-0.2, 0) is 0 Å². The van der Waals surface area contributed by atoms with Gasteiger partial charge in [0.25, 0.3) is 0 Å². The molecule has 0 heterocycles. The van der Waals surface area contributed by atoms with E-state index in [0.717, 1.165) is 54.2 Å². The first kappa shape index (κ1) is 31.4. The Labute approximate surface area is 206 Å². The van der Waals surface area contributed by atoms with E-state index in [0.29, 0.717) is 17.4 Å². The Balaban J connectivity index is 4.65. The fourth-order valence-electron chi connectivity index (χ4n) is 3.77. The van der Waals surface area contributed by atoms with Crippen molar-refractivity contribution in [1.29, 1.82) is 0 Å². The van der Waals surface area contributed by atoms with Crippen LogP contribution in [0.5, 0.6) is 0 Å². The maximum absolute atomic E-state index is 14.9. The van der Waals surface area contributed by atoms with E-state index in [4.69, 9.17) is 0 Å². The third-order valence-corrected chi connectivity index (χ3v) is 7.32. The molecule has 0 aliphatic rings. The highest BCUT2D eigenvalue weighted by Gasteiger charge is 2.17. The van der Waals surface area contributed by atoms with E-state index in [1.54, 1.807) is 6.08 Å². The number of halogens is 1. The Bertz CT molecular complexity index is 702. The van der Waals surface area contributed by atoms with Gasteiger partial charge < -0.3 is 0 Å². The van der Waals surface area contributed by atoms with Crippen molar-refractivity contribution in [3.8, 4) is 0 Å². The molecule has 0 spiro atoms. The molecule has 0 nitrogen and oxygen atoms in total. The first-order valence-electron chi connectivity index (χ1n) is 13.0. The van der Waals surface area contributed by atoms with Gasteiger partial charge >= 0.3 is 0 Å². The maximum Gasteiger partial charge on any atom is 0.126 e. The van der Waals surface area contributed by atoms with Crippen LogP contribution in [0.4, 0.5) is 4.39 Å². The average molecular weight is 457 g/mol. The van der Waals surface area contributed by atoms with Crippen LogP contribution in [0.25, 0.3) is 0 Å². The van der Waals surface area contributed by atoms with Gasteiger partial charge in [0.1, 0.15) is 5.83 Å². The number of hydrogen-bond donors (Lipinski definition) is 0. The second-order valence-corrected chi connectivity index (χ2v) is 11.1. The SMILES string of the molecule is C=C(C)/C=C\C(=C)C(C)CCC(C)C(=C)/C(F)=C\C(=C)C(C)CCC(C)C(C)CCC(C)C. The Morgan fingerprint density at radius 2 is 1.09 bits per heavy atom. The standard InChI is InChI=1S/C32H53F/c1-22(2)13-15-24(5)26(7)17-18-28(9)30(11)21-32(33)31(12)29(10)20-19-27(8)25(6)16-14-23(3)4/h14,16,21-22,24,26-29H,3,6,11-13,15,17-20H2,1-2,4-5,7-10H3/b16-14-,32-21+. The van der Waals surface area contributed by atoms with Crippen molar-refractivity contribution < 1.29 is 4.39 Å². The zero-order chi connectivity index (χ0) is 25.7. The maximum atomic E-state index is 14.9. The molecule has 0 saturated heterocycles. The third-order valence-electron chi connectivity index (χ3n) is 7.32. The molecule has 0 amide bonds. The van der Waals surface area contributed by atoms with Gasteiger partial charge in [0, 0.05) is 0 Å². The Hall–Kier alpha value is -1.63. The van der Waals surface area contributed by atoms with Gasteiger partial charge in [0.15, 0.2) is 0 Å². The van der Waals surface area contributed by atoms with E-state index < -0.39 is 0 Å². The fourth-order valence-corrected chi connectivity index (χ4v) is 3.77. The summed E-state index contributed by atoms with van der Waals surface area (Å²) in [4.78, 5) is 0. The van der Waals surface area contributed by atoms with Crippen LogP contribution in [0.1, 0.15) is 93.9 Å². The van der Waals surface area contributed by atoms with Gasteiger partial charge in [-0.15, -0.1) is 0 Å². The normalized spacial score (nSPS) is 17.0. The monoisotopic (exact) mass is 456 g/mol. The molecule has 33 heavy (non-hydrogen) atoms. The van der Waals surface area contributed by atoms with Crippen LogP contribution in [0, 0.1) is 35.5 Å². The van der Waals surface area contributed by atoms with Crippen molar-refractivity contribution in [1.82, 2.24) is 0 Å². The molecule has 5 atom stereocenters. The highest BCUT2D eigenvalue weighted by molar-refractivity contribution is 5.32. The highest BCUT2D eigenvalue weighted by atomic mass is 19.1. The zero-order valence-corrected chi connectivity index (χ0v) is 23.1. The first-order valence-corrected chi connectivity index (χ1v) is 13.0. The van der Waals surface area contributed by atoms with Gasteiger partial charge in [-0.05, 0) is 85.3 Å². The molecule has 1 heteroatoms. The van der Waals surface area contributed by atoms with E-state index >= 15 is 0 Å². The predicted octanol–water partition coefficient (Wildman–Crippen LogP) is 10.8. The molecule has 0 aromatic rings. The van der Waals surface area contributed by atoms with Crippen molar-refractivity contribution >= 4 is 0 Å². The second kappa shape index (κ2) is 16.1. The van der Waals surface area contributed by atoms with Gasteiger partial charge in [0.05, 0.1) is 0 Å². The first-order chi connectivity index (χ1) is 15.3. The predicted molar refractivity (Wildman–Crippen MR) is 149 cm³/mol. The Morgan fingerprint density at radius 1 is 0.636 bits per heavy atom. The summed E-state index contributed by atoms with van der Waals surface area (Å²) >= 11 is 0. The minimum Gasteiger partial charge on any atom is -0.207 e. The summed E-state index contributed by atoms with van der Waals surface area (Å²) in [6.07, 6.45) is 12.3. The molecule has 0 aliphatic heterocycles. The lowest BCUT2D eigenvalue weighted by atomic mass is 9.83. The van der Waals surface area contributed by atoms with Crippen molar-refractivity contribution in [2.24, 2.45) is 35.5 Å². The quantitative estimate of drug-likeness (QED) is 0.191. The summed E-state index contributed by atoms with van der Waals surface area (Å²) in [6, 6.07) is 0. The number of hydrogen-bond acceptors (Lipinski definition) is 0. The van der Waals surface area contributed by atoms with Crippen LogP contribution >= 0.6 is 0 Å². The average Bonchev–Trinajstić information content (AvgIpc) is 2.75. The molecule has 0 radical (unpaired) electrons. The van der Waals surface area contributed by atoms with Crippen molar-refractivity contribution in [3.05, 3.63) is 72.7 Å². The van der Waals surface area contributed by atoms with Crippen LogP contribution in [0.15, 0.2) is 72.7 Å². The lowest BCUT2D eigenvalue weighted by Gasteiger charge is -2.23.